The van der Waals surface area contributed by atoms with Gasteiger partial charge >= 0.3 is 6.03 Å². The Morgan fingerprint density at radius 2 is 1.83 bits per heavy atom. The van der Waals surface area contributed by atoms with Gasteiger partial charge in [-0.3, -0.25) is 4.79 Å². The molecule has 0 spiro atoms. The third-order valence-corrected chi connectivity index (χ3v) is 7.04. The minimum absolute atomic E-state index is 0.0196. The van der Waals surface area contributed by atoms with Crippen LogP contribution in [0.3, 0.4) is 0 Å². The van der Waals surface area contributed by atoms with E-state index in [9.17, 15) is 9.59 Å². The van der Waals surface area contributed by atoms with Crippen molar-refractivity contribution in [2.24, 2.45) is 11.8 Å². The number of anilines is 2. The van der Waals surface area contributed by atoms with Crippen molar-refractivity contribution in [1.82, 2.24) is 4.90 Å². The Bertz CT molecular complexity index is 1220. The van der Waals surface area contributed by atoms with Gasteiger partial charge in [-0.25, -0.2) is 4.79 Å². The van der Waals surface area contributed by atoms with Crippen LogP contribution in [-0.4, -0.2) is 36.5 Å². The first-order valence-corrected chi connectivity index (χ1v) is 12.4. The number of rotatable bonds is 2. The number of hydrogen-bond donors (Lipinski definition) is 2. The SMILES string of the molecule is O=C1C[C@@H]2CCN(C(=O)Nc3cccc(Cl)c3)C[C@@H]2CCOc2ccc(-c3ccccc3)cc2N1. The molecule has 6 nitrogen and oxygen atoms in total. The molecule has 2 N–H and O–H groups in total. The number of carbonyl (C=O) groups excluding carboxylic acids is 2. The molecule has 0 radical (unpaired) electrons. The van der Waals surface area contributed by atoms with Crippen LogP contribution in [0.5, 0.6) is 5.75 Å². The molecule has 2 heterocycles. The lowest BCUT2D eigenvalue weighted by atomic mass is 9.81. The third-order valence-electron chi connectivity index (χ3n) is 6.81. The molecule has 7 heteroatoms. The number of hydrogen-bond acceptors (Lipinski definition) is 3. The number of carbonyl (C=O) groups is 2. The molecule has 1 saturated heterocycles. The van der Waals surface area contributed by atoms with E-state index in [1.165, 1.54) is 0 Å². The maximum atomic E-state index is 13.0. The molecule has 3 amide bonds. The third kappa shape index (κ3) is 5.60. The fourth-order valence-corrected chi connectivity index (χ4v) is 5.14. The van der Waals surface area contributed by atoms with Crippen LogP contribution in [0.2, 0.25) is 5.02 Å². The van der Waals surface area contributed by atoms with E-state index >= 15 is 0 Å². The smallest absolute Gasteiger partial charge is 0.321 e. The van der Waals surface area contributed by atoms with Crippen molar-refractivity contribution in [3.63, 3.8) is 0 Å². The molecule has 1 fully saturated rings. The summed E-state index contributed by atoms with van der Waals surface area (Å²) in [6, 6.07) is 23.0. The number of urea groups is 1. The molecule has 0 unspecified atom stereocenters. The van der Waals surface area contributed by atoms with Gasteiger partial charge in [0.25, 0.3) is 0 Å². The Morgan fingerprint density at radius 1 is 0.971 bits per heavy atom. The zero-order valence-corrected chi connectivity index (χ0v) is 20.1. The van der Waals surface area contributed by atoms with Gasteiger partial charge in [-0.1, -0.05) is 54.1 Å². The van der Waals surface area contributed by atoms with Gasteiger partial charge in [0.2, 0.25) is 5.91 Å². The first kappa shape index (κ1) is 23.2. The molecule has 35 heavy (non-hydrogen) atoms. The summed E-state index contributed by atoms with van der Waals surface area (Å²) in [7, 11) is 0. The molecule has 5 rings (SSSR count). The minimum Gasteiger partial charge on any atom is -0.491 e. The van der Waals surface area contributed by atoms with Gasteiger partial charge in [0.1, 0.15) is 5.75 Å². The Balaban J connectivity index is 1.28. The molecule has 2 aliphatic heterocycles. The van der Waals surface area contributed by atoms with Crippen LogP contribution >= 0.6 is 11.6 Å². The van der Waals surface area contributed by atoms with Crippen molar-refractivity contribution >= 4 is 34.9 Å². The highest BCUT2D eigenvalue weighted by atomic mass is 35.5. The van der Waals surface area contributed by atoms with Gasteiger partial charge in [-0.15, -0.1) is 0 Å². The van der Waals surface area contributed by atoms with E-state index in [0.717, 1.165) is 24.0 Å². The van der Waals surface area contributed by atoms with Crippen molar-refractivity contribution in [2.45, 2.75) is 19.3 Å². The second kappa shape index (κ2) is 10.4. The van der Waals surface area contributed by atoms with E-state index in [4.69, 9.17) is 16.3 Å². The zero-order chi connectivity index (χ0) is 24.2. The quantitative estimate of drug-likeness (QED) is 0.444. The summed E-state index contributed by atoms with van der Waals surface area (Å²) in [6.45, 7) is 1.72. The standard InChI is InChI=1S/C28H28ClN3O3/c29-23-7-4-8-24(17-23)30-28(34)32-13-11-21-16-27(33)31-25-15-20(19-5-2-1-3-6-19)9-10-26(25)35-14-12-22(21)18-32/h1-10,15,17,21-22H,11-14,16,18H2,(H,30,34)(H,31,33)/t21-,22-/m0/s1. The average molecular weight is 490 g/mol. The predicted octanol–water partition coefficient (Wildman–Crippen LogP) is 6.29. The summed E-state index contributed by atoms with van der Waals surface area (Å²) >= 11 is 6.04. The molecule has 0 aromatic heterocycles. The maximum Gasteiger partial charge on any atom is 0.321 e. The molecule has 0 saturated carbocycles. The van der Waals surface area contributed by atoms with Gasteiger partial charge in [-0.2, -0.15) is 0 Å². The molecule has 180 valence electrons. The van der Waals surface area contributed by atoms with E-state index in [2.05, 4.69) is 10.6 Å². The Hall–Kier alpha value is -3.51. The lowest BCUT2D eigenvalue weighted by Gasteiger charge is -2.39. The number of ether oxygens (including phenoxy) is 1. The number of benzene rings is 3. The summed E-state index contributed by atoms with van der Waals surface area (Å²) < 4.78 is 6.11. The Kier molecular flexibility index (Phi) is 6.91. The van der Waals surface area contributed by atoms with Crippen molar-refractivity contribution in [3.05, 3.63) is 77.8 Å². The predicted molar refractivity (Wildman–Crippen MR) is 139 cm³/mol. The highest BCUT2D eigenvalue weighted by Gasteiger charge is 2.33. The van der Waals surface area contributed by atoms with Crippen LogP contribution in [0.4, 0.5) is 16.2 Å². The van der Waals surface area contributed by atoms with Crippen LogP contribution in [0.25, 0.3) is 11.1 Å². The second-order valence-electron chi connectivity index (χ2n) is 9.16. The normalized spacial score (nSPS) is 20.0. The van der Waals surface area contributed by atoms with Crippen LogP contribution in [0, 0.1) is 11.8 Å². The summed E-state index contributed by atoms with van der Waals surface area (Å²) in [4.78, 5) is 27.7. The molecule has 3 aromatic carbocycles. The minimum atomic E-state index is -0.146. The maximum absolute atomic E-state index is 13.0. The average Bonchev–Trinajstić information content (AvgIpc) is 2.86. The van der Waals surface area contributed by atoms with E-state index in [1.807, 2.05) is 65.6 Å². The Morgan fingerprint density at radius 3 is 2.66 bits per heavy atom. The molecule has 0 bridgehead atoms. The summed E-state index contributed by atoms with van der Waals surface area (Å²) in [5.74, 6) is 1.04. The highest BCUT2D eigenvalue weighted by Crippen LogP contribution is 2.35. The second-order valence-corrected chi connectivity index (χ2v) is 9.60. The number of piperidine rings is 1. The van der Waals surface area contributed by atoms with E-state index in [-0.39, 0.29) is 23.8 Å². The van der Waals surface area contributed by atoms with Gasteiger partial charge in [0.15, 0.2) is 0 Å². The van der Waals surface area contributed by atoms with Crippen LogP contribution in [-0.2, 0) is 4.79 Å². The number of likely N-dealkylation sites (tertiary alicyclic amines) is 1. The van der Waals surface area contributed by atoms with Gasteiger partial charge in [-0.05, 0) is 66.1 Å². The van der Waals surface area contributed by atoms with Crippen molar-refractivity contribution in [2.75, 3.05) is 30.3 Å². The largest absolute Gasteiger partial charge is 0.491 e. The first-order valence-electron chi connectivity index (χ1n) is 12.0. The van der Waals surface area contributed by atoms with Crippen molar-refractivity contribution in [3.8, 4) is 16.9 Å². The molecule has 2 aliphatic rings. The topological polar surface area (TPSA) is 70.7 Å². The number of fused-ring (bicyclic) bond motifs is 2. The van der Waals surface area contributed by atoms with Gasteiger partial charge in [0.05, 0.1) is 12.3 Å². The number of halogens is 1. The number of nitrogens with zero attached hydrogens (tertiary/aromatic N) is 1. The fraction of sp³-hybridized carbons (Fsp3) is 0.286. The van der Waals surface area contributed by atoms with E-state index in [1.54, 1.807) is 12.1 Å². The van der Waals surface area contributed by atoms with Crippen LogP contribution in [0.15, 0.2) is 72.8 Å². The van der Waals surface area contributed by atoms with Crippen LogP contribution < -0.4 is 15.4 Å². The van der Waals surface area contributed by atoms with E-state index < -0.39 is 0 Å². The number of amides is 3. The van der Waals surface area contributed by atoms with Crippen molar-refractivity contribution < 1.29 is 14.3 Å². The fourth-order valence-electron chi connectivity index (χ4n) is 4.95. The summed E-state index contributed by atoms with van der Waals surface area (Å²) in [5, 5.41) is 6.58. The number of nitrogens with one attached hydrogen (secondary N) is 2. The summed E-state index contributed by atoms with van der Waals surface area (Å²) in [6.07, 6.45) is 1.99. The summed E-state index contributed by atoms with van der Waals surface area (Å²) in [5.41, 5.74) is 3.49. The molecule has 2 atom stereocenters. The first-order chi connectivity index (χ1) is 17.0. The molecular formula is C28H28ClN3O3. The lowest BCUT2D eigenvalue weighted by molar-refractivity contribution is -0.118. The van der Waals surface area contributed by atoms with Gasteiger partial charge in [0, 0.05) is 30.2 Å². The Labute approximate surface area is 210 Å². The van der Waals surface area contributed by atoms with Gasteiger partial charge < -0.3 is 20.3 Å². The molecular weight excluding hydrogens is 462 g/mol. The molecule has 3 aromatic rings. The monoisotopic (exact) mass is 489 g/mol. The molecule has 0 aliphatic carbocycles. The lowest BCUT2D eigenvalue weighted by Crippen LogP contribution is -2.46. The zero-order valence-electron chi connectivity index (χ0n) is 19.4. The van der Waals surface area contributed by atoms with Crippen molar-refractivity contribution in [1.29, 1.82) is 0 Å². The highest BCUT2D eigenvalue weighted by molar-refractivity contribution is 6.30. The van der Waals surface area contributed by atoms with Crippen LogP contribution in [0.1, 0.15) is 19.3 Å². The van der Waals surface area contributed by atoms with E-state index in [0.29, 0.717) is 48.3 Å².